The molecule has 0 saturated carbocycles. The van der Waals surface area contributed by atoms with Crippen LogP contribution in [0.5, 0.6) is 0 Å². The molecule has 126 valence electrons. The van der Waals surface area contributed by atoms with E-state index in [0.29, 0.717) is 6.54 Å². The number of piperazine rings is 1. The monoisotopic (exact) mass is 324 g/mol. The summed E-state index contributed by atoms with van der Waals surface area (Å²) < 4.78 is 2.05. The normalized spacial score (nSPS) is 21.1. The molecule has 2 aromatic rings. The second-order valence-corrected chi connectivity index (χ2v) is 6.98. The molecule has 0 N–H and O–H groups in total. The molecule has 1 fully saturated rings. The number of hydrogen-bond acceptors (Lipinski definition) is 3. The van der Waals surface area contributed by atoms with E-state index in [9.17, 15) is 4.79 Å². The Morgan fingerprint density at radius 2 is 2.00 bits per heavy atom. The van der Waals surface area contributed by atoms with E-state index in [0.717, 1.165) is 37.3 Å². The summed E-state index contributed by atoms with van der Waals surface area (Å²) in [6.07, 6.45) is 7.26. The van der Waals surface area contributed by atoms with E-state index in [1.807, 2.05) is 35.0 Å². The number of nitrogens with zero attached hydrogens (tertiary/aromatic N) is 4. The van der Waals surface area contributed by atoms with Gasteiger partial charge in [-0.3, -0.25) is 9.69 Å². The van der Waals surface area contributed by atoms with Crippen molar-refractivity contribution in [3.63, 3.8) is 0 Å². The fourth-order valence-corrected chi connectivity index (χ4v) is 3.92. The number of aryl methyl sites for hydroxylation is 3. The Labute approximate surface area is 142 Å². The summed E-state index contributed by atoms with van der Waals surface area (Å²) in [7, 11) is 4.12. The maximum atomic E-state index is 13.0. The van der Waals surface area contributed by atoms with Crippen LogP contribution in [0.4, 0.5) is 0 Å². The molecule has 24 heavy (non-hydrogen) atoms. The van der Waals surface area contributed by atoms with E-state index in [1.165, 1.54) is 17.5 Å². The molecule has 0 unspecified atom stereocenters. The Hall–Kier alpha value is -2.14. The number of aromatic nitrogens is 2. The summed E-state index contributed by atoms with van der Waals surface area (Å²) in [5.41, 5.74) is 3.60. The molecule has 1 saturated heterocycles. The van der Waals surface area contributed by atoms with E-state index in [2.05, 4.69) is 29.1 Å². The minimum atomic E-state index is 0.150. The zero-order valence-electron chi connectivity index (χ0n) is 14.4. The highest BCUT2D eigenvalue weighted by Crippen LogP contribution is 2.26. The van der Waals surface area contributed by atoms with Crippen LogP contribution in [0.1, 0.15) is 39.8 Å². The number of rotatable bonds is 2. The second-order valence-electron chi connectivity index (χ2n) is 6.98. The van der Waals surface area contributed by atoms with Crippen molar-refractivity contribution in [2.75, 3.05) is 26.7 Å². The zero-order valence-corrected chi connectivity index (χ0v) is 14.4. The maximum absolute atomic E-state index is 13.0. The molecular formula is C19H24N4O. The van der Waals surface area contributed by atoms with E-state index in [-0.39, 0.29) is 11.9 Å². The summed E-state index contributed by atoms with van der Waals surface area (Å²) >= 11 is 0. The van der Waals surface area contributed by atoms with Crippen LogP contribution in [0, 0.1) is 0 Å². The Bertz CT molecular complexity index is 766. The molecular weight excluding hydrogens is 300 g/mol. The lowest BCUT2D eigenvalue weighted by Gasteiger charge is -2.39. The van der Waals surface area contributed by atoms with Crippen LogP contribution in [-0.4, -0.2) is 51.9 Å². The van der Waals surface area contributed by atoms with Crippen LogP contribution in [0.25, 0.3) is 0 Å². The van der Waals surface area contributed by atoms with Crippen LogP contribution in [0.3, 0.4) is 0 Å². The molecule has 1 aromatic heterocycles. The molecule has 0 bridgehead atoms. The molecule has 0 spiro atoms. The lowest BCUT2D eigenvalue weighted by molar-refractivity contribution is 0.0528. The number of likely N-dealkylation sites (N-methyl/N-ethyl adjacent to an activating group) is 1. The van der Waals surface area contributed by atoms with E-state index in [1.54, 1.807) is 0 Å². The Morgan fingerprint density at radius 1 is 1.17 bits per heavy atom. The van der Waals surface area contributed by atoms with Crippen molar-refractivity contribution in [2.24, 2.45) is 7.05 Å². The molecule has 2 heterocycles. The summed E-state index contributed by atoms with van der Waals surface area (Å²) in [5, 5.41) is 0. The van der Waals surface area contributed by atoms with Gasteiger partial charge >= 0.3 is 0 Å². The number of amides is 1. The summed E-state index contributed by atoms with van der Waals surface area (Å²) in [4.78, 5) is 21.7. The van der Waals surface area contributed by atoms with Gasteiger partial charge < -0.3 is 9.47 Å². The first-order valence-electron chi connectivity index (χ1n) is 8.72. The van der Waals surface area contributed by atoms with Crippen molar-refractivity contribution >= 4 is 5.91 Å². The Morgan fingerprint density at radius 3 is 2.79 bits per heavy atom. The second kappa shape index (κ2) is 6.06. The maximum Gasteiger partial charge on any atom is 0.253 e. The van der Waals surface area contributed by atoms with Crippen LogP contribution in [-0.2, 0) is 19.9 Å². The highest BCUT2D eigenvalue weighted by atomic mass is 16.2. The predicted octanol–water partition coefficient (Wildman–Crippen LogP) is 2.04. The van der Waals surface area contributed by atoms with Gasteiger partial charge in [0.1, 0.15) is 5.82 Å². The van der Waals surface area contributed by atoms with Gasteiger partial charge in [0.05, 0.1) is 6.04 Å². The average Bonchev–Trinajstić information content (AvgIpc) is 3.22. The van der Waals surface area contributed by atoms with Gasteiger partial charge in [0, 0.05) is 44.6 Å². The van der Waals surface area contributed by atoms with Crippen LogP contribution >= 0.6 is 0 Å². The van der Waals surface area contributed by atoms with Crippen molar-refractivity contribution in [1.29, 1.82) is 0 Å². The minimum Gasteiger partial charge on any atom is -0.337 e. The lowest BCUT2D eigenvalue weighted by atomic mass is 10.0. The van der Waals surface area contributed by atoms with Gasteiger partial charge in [0.15, 0.2) is 0 Å². The highest BCUT2D eigenvalue weighted by molar-refractivity contribution is 5.94. The first-order valence-corrected chi connectivity index (χ1v) is 8.72. The third-order valence-electron chi connectivity index (χ3n) is 5.44. The smallest absolute Gasteiger partial charge is 0.253 e. The summed E-state index contributed by atoms with van der Waals surface area (Å²) in [6, 6.07) is 6.40. The standard InChI is InChI=1S/C19H24N4O/c1-21-10-11-23(13-17(21)18-20-8-9-22(18)2)19(24)16-7-6-14-4-3-5-15(14)12-16/h6-9,12,17H,3-5,10-11,13H2,1-2H3/t17-/m0/s1. The first-order chi connectivity index (χ1) is 11.6. The van der Waals surface area contributed by atoms with Crippen molar-refractivity contribution < 1.29 is 4.79 Å². The van der Waals surface area contributed by atoms with E-state index < -0.39 is 0 Å². The van der Waals surface area contributed by atoms with Gasteiger partial charge in [-0.1, -0.05) is 6.07 Å². The third kappa shape index (κ3) is 2.63. The number of carbonyl (C=O) groups excluding carboxylic acids is 1. The van der Waals surface area contributed by atoms with Crippen molar-refractivity contribution in [2.45, 2.75) is 25.3 Å². The zero-order chi connectivity index (χ0) is 16.7. The van der Waals surface area contributed by atoms with Crippen molar-refractivity contribution in [3.8, 4) is 0 Å². The van der Waals surface area contributed by atoms with Crippen molar-refractivity contribution in [3.05, 3.63) is 53.1 Å². The summed E-state index contributed by atoms with van der Waals surface area (Å²) in [5.74, 6) is 1.17. The molecule has 1 aromatic carbocycles. The molecule has 1 aliphatic heterocycles. The molecule has 2 aliphatic rings. The molecule has 1 amide bonds. The van der Waals surface area contributed by atoms with E-state index in [4.69, 9.17) is 0 Å². The molecule has 4 rings (SSSR count). The van der Waals surface area contributed by atoms with Gasteiger partial charge in [-0.2, -0.15) is 0 Å². The van der Waals surface area contributed by atoms with E-state index >= 15 is 0 Å². The largest absolute Gasteiger partial charge is 0.337 e. The summed E-state index contributed by atoms with van der Waals surface area (Å²) in [6.45, 7) is 2.33. The number of carbonyl (C=O) groups is 1. The van der Waals surface area contributed by atoms with Gasteiger partial charge in [0.2, 0.25) is 0 Å². The topological polar surface area (TPSA) is 41.4 Å². The van der Waals surface area contributed by atoms with Crippen LogP contribution < -0.4 is 0 Å². The van der Waals surface area contributed by atoms with Gasteiger partial charge in [-0.05, 0) is 49.6 Å². The van der Waals surface area contributed by atoms with Gasteiger partial charge in [-0.15, -0.1) is 0 Å². The number of benzene rings is 1. The van der Waals surface area contributed by atoms with Crippen molar-refractivity contribution in [1.82, 2.24) is 19.4 Å². The molecule has 1 aliphatic carbocycles. The highest BCUT2D eigenvalue weighted by Gasteiger charge is 2.31. The quantitative estimate of drug-likeness (QED) is 0.849. The van der Waals surface area contributed by atoms with Gasteiger partial charge in [-0.25, -0.2) is 4.98 Å². The fraction of sp³-hybridized carbons (Fsp3) is 0.474. The third-order valence-corrected chi connectivity index (χ3v) is 5.44. The number of fused-ring (bicyclic) bond motifs is 1. The van der Waals surface area contributed by atoms with Gasteiger partial charge in [0.25, 0.3) is 5.91 Å². The van der Waals surface area contributed by atoms with Crippen LogP contribution in [0.2, 0.25) is 0 Å². The molecule has 0 radical (unpaired) electrons. The Balaban J connectivity index is 1.55. The molecule has 5 nitrogen and oxygen atoms in total. The number of hydrogen-bond donors (Lipinski definition) is 0. The minimum absolute atomic E-state index is 0.150. The predicted molar refractivity (Wildman–Crippen MR) is 92.9 cm³/mol. The fourth-order valence-electron chi connectivity index (χ4n) is 3.92. The average molecular weight is 324 g/mol. The molecule has 5 heteroatoms. The first kappa shape index (κ1) is 15.4. The number of imidazole rings is 1. The lowest BCUT2D eigenvalue weighted by Crippen LogP contribution is -2.49. The SMILES string of the molecule is CN1CCN(C(=O)c2ccc3c(c2)CCC3)C[C@H]1c1nccn1C. The Kier molecular flexibility index (Phi) is 3.88. The molecule has 1 atom stereocenters. The van der Waals surface area contributed by atoms with Crippen LogP contribution in [0.15, 0.2) is 30.6 Å².